The van der Waals surface area contributed by atoms with Crippen LogP contribution in [0.1, 0.15) is 0 Å². The zero-order valence-corrected chi connectivity index (χ0v) is 11.4. The van der Waals surface area contributed by atoms with Crippen LogP contribution < -0.4 is 10.6 Å². The van der Waals surface area contributed by atoms with Gasteiger partial charge >= 0.3 is 6.09 Å². The number of carbonyl (C=O) groups excluding carboxylic acids is 2. The molecule has 1 aromatic heterocycles. The molecule has 2 amide bonds. The van der Waals surface area contributed by atoms with Crippen LogP contribution in [0.25, 0.3) is 11.1 Å². The molecular weight excluding hydrogens is 289 g/mol. The number of hydrogen-bond acceptors (Lipinski definition) is 4. The van der Waals surface area contributed by atoms with Gasteiger partial charge in [-0.1, -0.05) is 0 Å². The number of rotatable bonds is 3. The van der Waals surface area contributed by atoms with Crippen molar-refractivity contribution in [3.05, 3.63) is 48.5 Å². The average molecular weight is 301 g/mol. The Kier molecular flexibility index (Phi) is 3.46. The molecule has 1 aromatic carbocycles. The molecule has 2 aromatic rings. The van der Waals surface area contributed by atoms with Crippen LogP contribution in [-0.2, 0) is 9.53 Å². The fraction of sp³-hybridized carbons (Fsp3) is 0.133. The van der Waals surface area contributed by atoms with Crippen molar-refractivity contribution in [3.8, 4) is 11.1 Å². The zero-order valence-electron chi connectivity index (χ0n) is 11.4. The second-order valence-corrected chi connectivity index (χ2v) is 4.79. The first kappa shape index (κ1) is 14.0. The van der Waals surface area contributed by atoms with Crippen molar-refractivity contribution >= 4 is 17.7 Å². The quantitative estimate of drug-likeness (QED) is 0.935. The first-order valence-corrected chi connectivity index (χ1v) is 6.53. The third-order valence-corrected chi connectivity index (χ3v) is 3.38. The number of benzene rings is 1. The van der Waals surface area contributed by atoms with E-state index in [-0.39, 0.29) is 6.54 Å². The molecular formula is C15H12FN3O3. The van der Waals surface area contributed by atoms with Crippen molar-refractivity contribution in [2.75, 3.05) is 11.4 Å². The van der Waals surface area contributed by atoms with Crippen LogP contribution in [0.15, 0.2) is 42.7 Å². The van der Waals surface area contributed by atoms with Gasteiger partial charge in [0, 0.05) is 18.0 Å². The number of pyridine rings is 1. The molecule has 1 aliphatic rings. The highest BCUT2D eigenvalue weighted by atomic mass is 19.1. The molecule has 2 heterocycles. The summed E-state index contributed by atoms with van der Waals surface area (Å²) in [7, 11) is 0. The summed E-state index contributed by atoms with van der Waals surface area (Å²) in [6.45, 7) is -0.0256. The van der Waals surface area contributed by atoms with Crippen LogP contribution in [0.5, 0.6) is 0 Å². The van der Waals surface area contributed by atoms with E-state index < -0.39 is 23.9 Å². The Labute approximate surface area is 125 Å². The van der Waals surface area contributed by atoms with Crippen LogP contribution in [0.3, 0.4) is 0 Å². The van der Waals surface area contributed by atoms with Crippen molar-refractivity contribution < 1.29 is 18.7 Å². The fourth-order valence-electron chi connectivity index (χ4n) is 2.26. The number of nitrogens with two attached hydrogens (primary N) is 1. The molecule has 1 atom stereocenters. The van der Waals surface area contributed by atoms with E-state index in [0.717, 1.165) is 0 Å². The summed E-state index contributed by atoms with van der Waals surface area (Å²) >= 11 is 0. The monoisotopic (exact) mass is 301 g/mol. The Morgan fingerprint density at radius 1 is 1.32 bits per heavy atom. The number of hydrogen-bond donors (Lipinski definition) is 1. The van der Waals surface area contributed by atoms with E-state index in [2.05, 4.69) is 4.98 Å². The number of anilines is 1. The Bertz CT molecular complexity index is 736. The number of carbonyl (C=O) groups is 2. The minimum atomic E-state index is -1.02. The summed E-state index contributed by atoms with van der Waals surface area (Å²) in [4.78, 5) is 27.8. The molecule has 112 valence electrons. The van der Waals surface area contributed by atoms with Crippen molar-refractivity contribution in [2.45, 2.75) is 6.10 Å². The molecule has 1 aliphatic heterocycles. The second-order valence-electron chi connectivity index (χ2n) is 4.79. The largest absolute Gasteiger partial charge is 0.434 e. The van der Waals surface area contributed by atoms with Gasteiger partial charge in [-0.2, -0.15) is 0 Å². The molecule has 2 N–H and O–H groups in total. The maximum Gasteiger partial charge on any atom is 0.415 e. The zero-order chi connectivity index (χ0) is 15.7. The molecule has 3 rings (SSSR count). The third-order valence-electron chi connectivity index (χ3n) is 3.38. The topological polar surface area (TPSA) is 85.5 Å². The lowest BCUT2D eigenvalue weighted by molar-refractivity contribution is -0.124. The van der Waals surface area contributed by atoms with Gasteiger partial charge in [0.2, 0.25) is 0 Å². The van der Waals surface area contributed by atoms with Gasteiger partial charge in [-0.25, -0.2) is 9.18 Å². The van der Waals surface area contributed by atoms with E-state index in [1.165, 1.54) is 11.0 Å². The van der Waals surface area contributed by atoms with Gasteiger partial charge in [0.05, 0.1) is 12.2 Å². The molecule has 1 unspecified atom stereocenters. The minimum Gasteiger partial charge on any atom is -0.434 e. The average Bonchev–Trinajstić information content (AvgIpc) is 2.90. The second kappa shape index (κ2) is 5.44. The highest BCUT2D eigenvalue weighted by Gasteiger charge is 2.36. The van der Waals surface area contributed by atoms with E-state index in [1.54, 1.807) is 36.7 Å². The maximum absolute atomic E-state index is 14.3. The van der Waals surface area contributed by atoms with Crippen LogP contribution in [-0.4, -0.2) is 29.6 Å². The van der Waals surface area contributed by atoms with Crippen molar-refractivity contribution in [3.63, 3.8) is 0 Å². The predicted molar refractivity (Wildman–Crippen MR) is 76.4 cm³/mol. The molecule has 0 radical (unpaired) electrons. The summed E-state index contributed by atoms with van der Waals surface area (Å²) in [6.07, 6.45) is 1.39. The number of cyclic esters (lactones) is 1. The van der Waals surface area contributed by atoms with Gasteiger partial charge in [-0.3, -0.25) is 14.7 Å². The van der Waals surface area contributed by atoms with Crippen molar-refractivity contribution in [1.82, 2.24) is 4.98 Å². The molecule has 0 aliphatic carbocycles. The number of ether oxygens (including phenoxy) is 1. The first-order chi connectivity index (χ1) is 10.6. The fourth-order valence-corrected chi connectivity index (χ4v) is 2.26. The Morgan fingerprint density at radius 3 is 2.64 bits per heavy atom. The van der Waals surface area contributed by atoms with Gasteiger partial charge in [0.25, 0.3) is 5.91 Å². The van der Waals surface area contributed by atoms with Crippen LogP contribution in [0, 0.1) is 5.82 Å². The van der Waals surface area contributed by atoms with Crippen LogP contribution in [0.4, 0.5) is 14.9 Å². The van der Waals surface area contributed by atoms with E-state index in [9.17, 15) is 14.0 Å². The molecule has 1 fully saturated rings. The van der Waals surface area contributed by atoms with Gasteiger partial charge in [-0.15, -0.1) is 0 Å². The van der Waals surface area contributed by atoms with Crippen LogP contribution >= 0.6 is 0 Å². The lowest BCUT2D eigenvalue weighted by atomic mass is 10.1. The van der Waals surface area contributed by atoms with Crippen molar-refractivity contribution in [1.29, 1.82) is 0 Å². The highest BCUT2D eigenvalue weighted by molar-refractivity contribution is 5.95. The molecule has 1 saturated heterocycles. The normalized spacial score (nSPS) is 17.4. The minimum absolute atomic E-state index is 0.0256. The summed E-state index contributed by atoms with van der Waals surface area (Å²) in [5.41, 5.74) is 6.49. The lowest BCUT2D eigenvalue weighted by Gasteiger charge is -2.14. The first-order valence-electron chi connectivity index (χ1n) is 6.53. The van der Waals surface area contributed by atoms with Gasteiger partial charge in [0.1, 0.15) is 5.82 Å². The third kappa shape index (κ3) is 2.48. The van der Waals surface area contributed by atoms with Crippen molar-refractivity contribution in [2.24, 2.45) is 5.73 Å². The highest BCUT2D eigenvalue weighted by Crippen LogP contribution is 2.28. The standard InChI is InChI=1S/C15H12FN3O3/c16-12-7-10(19-8-13(14(17)20)22-15(19)21)1-2-11(12)9-3-5-18-6-4-9/h1-7,13H,8H2,(H2,17,20). The Morgan fingerprint density at radius 2 is 2.05 bits per heavy atom. The summed E-state index contributed by atoms with van der Waals surface area (Å²) < 4.78 is 19.1. The molecule has 22 heavy (non-hydrogen) atoms. The molecule has 0 bridgehead atoms. The van der Waals surface area contributed by atoms with E-state index in [1.807, 2.05) is 0 Å². The van der Waals surface area contributed by atoms with Gasteiger partial charge in [0.15, 0.2) is 6.10 Å². The SMILES string of the molecule is NC(=O)C1CN(c2ccc(-c3ccncc3)c(F)c2)C(=O)O1. The molecule has 0 spiro atoms. The molecule has 6 nitrogen and oxygen atoms in total. The maximum atomic E-state index is 14.3. The van der Waals surface area contributed by atoms with Crippen LogP contribution in [0.2, 0.25) is 0 Å². The Balaban J connectivity index is 1.90. The van der Waals surface area contributed by atoms with E-state index in [0.29, 0.717) is 16.8 Å². The number of halogens is 1. The van der Waals surface area contributed by atoms with Gasteiger partial charge in [-0.05, 0) is 35.9 Å². The number of amides is 2. The molecule has 7 heteroatoms. The Hall–Kier alpha value is -2.96. The number of aromatic nitrogens is 1. The van der Waals surface area contributed by atoms with E-state index >= 15 is 0 Å². The summed E-state index contributed by atoms with van der Waals surface area (Å²) in [5, 5.41) is 0. The molecule has 0 saturated carbocycles. The number of primary amides is 1. The summed E-state index contributed by atoms with van der Waals surface area (Å²) in [6, 6.07) is 7.74. The summed E-state index contributed by atoms with van der Waals surface area (Å²) in [5.74, 6) is -1.22. The number of nitrogens with zero attached hydrogens (tertiary/aromatic N) is 2. The van der Waals surface area contributed by atoms with E-state index in [4.69, 9.17) is 10.5 Å². The predicted octanol–water partition coefficient (Wildman–Crippen LogP) is 1.70. The smallest absolute Gasteiger partial charge is 0.415 e. The van der Waals surface area contributed by atoms with Gasteiger partial charge < -0.3 is 10.5 Å². The lowest BCUT2D eigenvalue weighted by Crippen LogP contribution is -2.32.